The molecule has 1 fully saturated rings. The summed E-state index contributed by atoms with van der Waals surface area (Å²) >= 11 is 0. The Hall–Kier alpha value is -2.74. The van der Waals surface area contributed by atoms with Gasteiger partial charge in [-0.2, -0.15) is 0 Å². The molecule has 0 aromatic heterocycles. The first kappa shape index (κ1) is 20.0. The molecule has 1 N–H and O–H groups in total. The first-order chi connectivity index (χ1) is 13.2. The Bertz CT molecular complexity index is 1040. The Morgan fingerprint density at radius 3 is 2.68 bits per heavy atom. The van der Waals surface area contributed by atoms with Crippen LogP contribution in [0.15, 0.2) is 47.4 Å². The van der Waals surface area contributed by atoms with Crippen LogP contribution in [0.25, 0.3) is 0 Å². The van der Waals surface area contributed by atoms with E-state index in [1.54, 1.807) is 32.0 Å². The monoisotopic (exact) mass is 404 g/mol. The Balaban J connectivity index is 1.74. The molecule has 28 heavy (non-hydrogen) atoms. The van der Waals surface area contributed by atoms with E-state index in [1.165, 1.54) is 29.2 Å². The zero-order chi connectivity index (χ0) is 20.5. The number of rotatable bonds is 5. The lowest BCUT2D eigenvalue weighted by atomic mass is 10.1. The van der Waals surface area contributed by atoms with E-state index in [2.05, 4.69) is 5.32 Å². The molecule has 2 aromatic rings. The van der Waals surface area contributed by atoms with E-state index >= 15 is 0 Å². The van der Waals surface area contributed by atoms with Crippen LogP contribution in [-0.4, -0.2) is 32.5 Å². The lowest BCUT2D eigenvalue weighted by Crippen LogP contribution is -2.28. The molecule has 2 amide bonds. The van der Waals surface area contributed by atoms with Crippen LogP contribution in [0.1, 0.15) is 18.9 Å². The zero-order valence-corrected chi connectivity index (χ0v) is 16.4. The van der Waals surface area contributed by atoms with E-state index in [-0.39, 0.29) is 35.2 Å². The predicted octanol–water partition coefficient (Wildman–Crippen LogP) is 2.92. The molecule has 0 radical (unpaired) electrons. The van der Waals surface area contributed by atoms with Crippen LogP contribution in [0.2, 0.25) is 0 Å². The summed E-state index contributed by atoms with van der Waals surface area (Å²) < 4.78 is 38.2. The average molecular weight is 404 g/mol. The Morgan fingerprint density at radius 1 is 1.25 bits per heavy atom. The van der Waals surface area contributed by atoms with E-state index in [0.717, 1.165) is 5.56 Å². The summed E-state index contributed by atoms with van der Waals surface area (Å²) in [7, 11) is -3.39. The van der Waals surface area contributed by atoms with Crippen LogP contribution >= 0.6 is 0 Å². The fourth-order valence-electron chi connectivity index (χ4n) is 3.13. The van der Waals surface area contributed by atoms with Gasteiger partial charge in [0, 0.05) is 18.7 Å². The van der Waals surface area contributed by atoms with Crippen LogP contribution in [0.3, 0.4) is 0 Å². The first-order valence-corrected chi connectivity index (χ1v) is 10.6. The number of carbonyl (C=O) groups excluding carboxylic acids is 2. The van der Waals surface area contributed by atoms with Gasteiger partial charge in [0.25, 0.3) is 0 Å². The SMILES string of the molecule is CCS(=O)(=O)c1cccc(NC(=O)C2CC(=O)N(c3ccc(C)cc3F)C2)c1. The highest BCUT2D eigenvalue weighted by Gasteiger charge is 2.36. The molecule has 2 aromatic carbocycles. The number of hydrogen-bond acceptors (Lipinski definition) is 4. The van der Waals surface area contributed by atoms with Gasteiger partial charge in [-0.05, 0) is 42.8 Å². The molecule has 1 aliphatic heterocycles. The average Bonchev–Trinajstić information content (AvgIpc) is 3.03. The van der Waals surface area contributed by atoms with Gasteiger partial charge in [0.15, 0.2) is 9.84 Å². The Kier molecular flexibility index (Phi) is 5.51. The third kappa shape index (κ3) is 4.06. The van der Waals surface area contributed by atoms with Gasteiger partial charge in [-0.3, -0.25) is 9.59 Å². The molecule has 0 spiro atoms. The number of amides is 2. The predicted molar refractivity (Wildman–Crippen MR) is 104 cm³/mol. The number of halogens is 1. The van der Waals surface area contributed by atoms with Crippen LogP contribution in [0.5, 0.6) is 0 Å². The van der Waals surface area contributed by atoms with Gasteiger partial charge in [-0.15, -0.1) is 0 Å². The van der Waals surface area contributed by atoms with Gasteiger partial charge >= 0.3 is 0 Å². The van der Waals surface area contributed by atoms with Crippen LogP contribution in [-0.2, 0) is 19.4 Å². The molecule has 3 rings (SSSR count). The van der Waals surface area contributed by atoms with Crippen molar-refractivity contribution in [3.05, 3.63) is 53.8 Å². The molecule has 1 saturated heterocycles. The highest BCUT2D eigenvalue weighted by Crippen LogP contribution is 2.29. The molecule has 8 heteroatoms. The number of hydrogen-bond donors (Lipinski definition) is 1. The number of anilines is 2. The van der Waals surface area contributed by atoms with Crippen molar-refractivity contribution >= 4 is 33.0 Å². The van der Waals surface area contributed by atoms with E-state index < -0.39 is 27.5 Å². The summed E-state index contributed by atoms with van der Waals surface area (Å²) in [6.45, 7) is 3.36. The zero-order valence-electron chi connectivity index (χ0n) is 15.6. The Morgan fingerprint density at radius 2 is 2.00 bits per heavy atom. The van der Waals surface area contributed by atoms with Gasteiger partial charge in [0.05, 0.1) is 22.3 Å². The summed E-state index contributed by atoms with van der Waals surface area (Å²) in [5, 5.41) is 2.66. The lowest BCUT2D eigenvalue weighted by molar-refractivity contribution is -0.122. The van der Waals surface area contributed by atoms with Gasteiger partial charge in [-0.1, -0.05) is 19.1 Å². The minimum absolute atomic E-state index is 0.0356. The summed E-state index contributed by atoms with van der Waals surface area (Å²) in [6, 6.07) is 10.6. The topological polar surface area (TPSA) is 83.5 Å². The van der Waals surface area contributed by atoms with Crippen molar-refractivity contribution in [1.29, 1.82) is 0 Å². The quantitative estimate of drug-likeness (QED) is 0.831. The largest absolute Gasteiger partial charge is 0.326 e. The highest BCUT2D eigenvalue weighted by atomic mass is 32.2. The smallest absolute Gasteiger partial charge is 0.229 e. The van der Waals surface area contributed by atoms with Gasteiger partial charge in [0.1, 0.15) is 5.82 Å². The molecular weight excluding hydrogens is 383 g/mol. The Labute approximate surface area is 163 Å². The summed E-state index contributed by atoms with van der Waals surface area (Å²) in [4.78, 5) is 26.3. The number of sulfone groups is 1. The van der Waals surface area contributed by atoms with E-state index in [9.17, 15) is 22.4 Å². The second kappa shape index (κ2) is 7.71. The number of carbonyl (C=O) groups is 2. The van der Waals surface area contributed by atoms with Crippen molar-refractivity contribution in [2.24, 2.45) is 5.92 Å². The van der Waals surface area contributed by atoms with Crippen molar-refractivity contribution in [3.63, 3.8) is 0 Å². The molecule has 1 atom stereocenters. The third-order valence-corrected chi connectivity index (χ3v) is 6.46. The van der Waals surface area contributed by atoms with Gasteiger partial charge in [0.2, 0.25) is 11.8 Å². The first-order valence-electron chi connectivity index (χ1n) is 8.91. The molecule has 0 aliphatic carbocycles. The molecule has 0 saturated carbocycles. The fourth-order valence-corrected chi connectivity index (χ4v) is 4.05. The van der Waals surface area contributed by atoms with Crippen molar-refractivity contribution in [2.75, 3.05) is 22.5 Å². The molecule has 6 nitrogen and oxygen atoms in total. The van der Waals surface area contributed by atoms with Gasteiger partial charge < -0.3 is 10.2 Å². The van der Waals surface area contributed by atoms with Crippen LogP contribution in [0.4, 0.5) is 15.8 Å². The fraction of sp³-hybridized carbons (Fsp3) is 0.300. The van der Waals surface area contributed by atoms with Crippen molar-refractivity contribution in [2.45, 2.75) is 25.2 Å². The molecule has 1 heterocycles. The third-order valence-electron chi connectivity index (χ3n) is 4.73. The maximum Gasteiger partial charge on any atom is 0.229 e. The number of nitrogens with zero attached hydrogens (tertiary/aromatic N) is 1. The van der Waals surface area contributed by atoms with Crippen LogP contribution in [0, 0.1) is 18.7 Å². The minimum Gasteiger partial charge on any atom is -0.326 e. The molecule has 0 bridgehead atoms. The van der Waals surface area contributed by atoms with Crippen molar-refractivity contribution < 1.29 is 22.4 Å². The van der Waals surface area contributed by atoms with Gasteiger partial charge in [-0.25, -0.2) is 12.8 Å². The standard InChI is InChI=1S/C20H21FN2O4S/c1-3-28(26,27)16-6-4-5-15(11-16)22-20(25)14-10-19(24)23(12-14)18-8-7-13(2)9-17(18)21/h4-9,11,14H,3,10,12H2,1-2H3,(H,22,25). The summed E-state index contributed by atoms with van der Waals surface area (Å²) in [5.41, 5.74) is 1.23. The molecule has 148 valence electrons. The molecule has 1 unspecified atom stereocenters. The normalized spacial score (nSPS) is 17.0. The molecule has 1 aliphatic rings. The maximum absolute atomic E-state index is 14.2. The number of aryl methyl sites for hydroxylation is 1. The maximum atomic E-state index is 14.2. The second-order valence-corrected chi connectivity index (χ2v) is 9.06. The molecular formula is C20H21FN2O4S. The van der Waals surface area contributed by atoms with Crippen molar-refractivity contribution in [3.8, 4) is 0 Å². The summed E-state index contributed by atoms with van der Waals surface area (Å²) in [5.74, 6) is -1.94. The lowest BCUT2D eigenvalue weighted by Gasteiger charge is -2.18. The second-order valence-electron chi connectivity index (χ2n) is 6.78. The summed E-state index contributed by atoms with van der Waals surface area (Å²) in [6.07, 6.45) is -0.0356. The highest BCUT2D eigenvalue weighted by molar-refractivity contribution is 7.91. The van der Waals surface area contributed by atoms with E-state index in [4.69, 9.17) is 0 Å². The van der Waals surface area contributed by atoms with E-state index in [0.29, 0.717) is 5.69 Å². The minimum atomic E-state index is -3.39. The van der Waals surface area contributed by atoms with E-state index in [1.807, 2.05) is 0 Å². The number of nitrogens with one attached hydrogen (secondary N) is 1. The van der Waals surface area contributed by atoms with Crippen molar-refractivity contribution in [1.82, 2.24) is 0 Å². The number of benzene rings is 2. The van der Waals surface area contributed by atoms with Crippen LogP contribution < -0.4 is 10.2 Å².